The Morgan fingerprint density at radius 1 is 1.16 bits per heavy atom. The van der Waals surface area contributed by atoms with E-state index in [1.54, 1.807) is 36.1 Å². The molecule has 1 saturated heterocycles. The topological polar surface area (TPSA) is 105 Å². The molecule has 1 amide bonds. The minimum absolute atomic E-state index is 0.0862. The second kappa shape index (κ2) is 8.50. The maximum atomic E-state index is 13.1. The molecular weight excluding hydrogens is 416 g/mol. The number of hydrogen-bond donors (Lipinski definition) is 1. The molecule has 162 valence electrons. The van der Waals surface area contributed by atoms with E-state index in [0.717, 1.165) is 18.4 Å². The van der Waals surface area contributed by atoms with E-state index >= 15 is 0 Å². The van der Waals surface area contributed by atoms with E-state index < -0.39 is 10.0 Å². The normalized spacial score (nSPS) is 14.1. The zero-order valence-corrected chi connectivity index (χ0v) is 18.3. The smallest absolute Gasteiger partial charge is 0.316 e. The van der Waals surface area contributed by atoms with Crippen molar-refractivity contribution in [2.45, 2.75) is 38.0 Å². The van der Waals surface area contributed by atoms with Crippen LogP contribution in [0.25, 0.3) is 11.4 Å². The number of aryl methyl sites for hydroxylation is 2. The van der Waals surface area contributed by atoms with Crippen LogP contribution in [0.5, 0.6) is 0 Å². The first-order valence-corrected chi connectivity index (χ1v) is 11.7. The number of benzene rings is 2. The van der Waals surface area contributed by atoms with Gasteiger partial charge in [0.05, 0.1) is 10.6 Å². The average molecular weight is 441 g/mol. The van der Waals surface area contributed by atoms with Crippen LogP contribution in [0.1, 0.15) is 41.6 Å². The Kier molecular flexibility index (Phi) is 5.77. The van der Waals surface area contributed by atoms with Crippen LogP contribution in [0.4, 0.5) is 5.69 Å². The molecule has 2 aromatic carbocycles. The summed E-state index contributed by atoms with van der Waals surface area (Å²) in [5, 5.41) is 3.89. The van der Waals surface area contributed by atoms with Crippen LogP contribution in [0.15, 0.2) is 51.9 Å². The van der Waals surface area contributed by atoms with Crippen LogP contribution in [-0.2, 0) is 16.4 Å². The molecule has 1 aliphatic rings. The molecule has 1 N–H and O–H groups in total. The zero-order valence-electron chi connectivity index (χ0n) is 17.5. The molecule has 1 fully saturated rings. The SMILES string of the molecule is CCc1ccccc1NS(=O)(=O)c1cc(-c2noc(C(=O)N3CCCC3)n2)ccc1C. The zero-order chi connectivity index (χ0) is 22.0. The molecule has 0 radical (unpaired) electrons. The van der Waals surface area contributed by atoms with Gasteiger partial charge in [-0.15, -0.1) is 0 Å². The number of amides is 1. The van der Waals surface area contributed by atoms with Crippen LogP contribution in [0.3, 0.4) is 0 Å². The lowest BCUT2D eigenvalue weighted by molar-refractivity contribution is 0.0743. The second-order valence-electron chi connectivity index (χ2n) is 7.52. The van der Waals surface area contributed by atoms with Crippen molar-refractivity contribution >= 4 is 21.6 Å². The van der Waals surface area contributed by atoms with Crippen molar-refractivity contribution in [2.75, 3.05) is 17.8 Å². The molecule has 31 heavy (non-hydrogen) atoms. The summed E-state index contributed by atoms with van der Waals surface area (Å²) in [5.74, 6) is -0.209. The van der Waals surface area contributed by atoms with Crippen molar-refractivity contribution in [3.8, 4) is 11.4 Å². The third kappa shape index (κ3) is 4.32. The van der Waals surface area contributed by atoms with Crippen LogP contribution >= 0.6 is 0 Å². The van der Waals surface area contributed by atoms with Crippen molar-refractivity contribution < 1.29 is 17.7 Å². The van der Waals surface area contributed by atoms with E-state index in [1.165, 1.54) is 6.07 Å². The van der Waals surface area contributed by atoms with Gasteiger partial charge < -0.3 is 9.42 Å². The first kappa shape index (κ1) is 21.0. The molecular formula is C22H24N4O4S. The molecule has 9 heteroatoms. The summed E-state index contributed by atoms with van der Waals surface area (Å²) >= 11 is 0. The molecule has 4 rings (SSSR count). The Bertz CT molecular complexity index is 1210. The summed E-state index contributed by atoms with van der Waals surface area (Å²) in [4.78, 5) is 18.5. The molecule has 0 saturated carbocycles. The fourth-order valence-corrected chi connectivity index (χ4v) is 5.01. The Morgan fingerprint density at radius 2 is 1.90 bits per heavy atom. The van der Waals surface area contributed by atoms with E-state index in [0.29, 0.717) is 36.3 Å². The number of sulfonamides is 1. The summed E-state index contributed by atoms with van der Waals surface area (Å²) in [6.07, 6.45) is 2.62. The Balaban J connectivity index is 1.63. The third-order valence-electron chi connectivity index (χ3n) is 5.38. The van der Waals surface area contributed by atoms with Crippen LogP contribution in [-0.4, -0.2) is 42.5 Å². The van der Waals surface area contributed by atoms with E-state index in [1.807, 2.05) is 19.1 Å². The van der Waals surface area contributed by atoms with Gasteiger partial charge in [0.1, 0.15) is 0 Å². The van der Waals surface area contributed by atoms with Crippen LogP contribution < -0.4 is 4.72 Å². The fourth-order valence-electron chi connectivity index (χ4n) is 3.64. The fraction of sp³-hybridized carbons (Fsp3) is 0.318. The lowest BCUT2D eigenvalue weighted by Gasteiger charge is -2.13. The minimum atomic E-state index is -3.84. The second-order valence-corrected chi connectivity index (χ2v) is 9.17. The Labute approximate surface area is 181 Å². The van der Waals surface area contributed by atoms with E-state index in [-0.39, 0.29) is 22.5 Å². The molecule has 0 aliphatic carbocycles. The molecule has 0 atom stereocenters. The standard InChI is InChI=1S/C22H24N4O4S/c1-3-16-8-4-5-9-18(16)25-31(28,29)19-14-17(11-10-15(19)2)20-23-21(30-24-20)22(27)26-12-6-7-13-26/h4-5,8-11,14,25H,3,6-7,12-13H2,1-2H3. The summed E-state index contributed by atoms with van der Waals surface area (Å²) < 4.78 is 34.1. The Hall–Kier alpha value is -3.20. The molecule has 2 heterocycles. The van der Waals surface area contributed by atoms with Gasteiger partial charge in [0.2, 0.25) is 5.82 Å². The maximum absolute atomic E-state index is 13.1. The number of rotatable bonds is 6. The third-order valence-corrected chi connectivity index (χ3v) is 6.89. The summed E-state index contributed by atoms with van der Waals surface area (Å²) in [6, 6.07) is 12.2. The number of anilines is 1. The molecule has 8 nitrogen and oxygen atoms in total. The van der Waals surface area contributed by atoms with Gasteiger partial charge in [0.15, 0.2) is 0 Å². The Morgan fingerprint density at radius 3 is 2.65 bits per heavy atom. The number of hydrogen-bond acceptors (Lipinski definition) is 6. The molecule has 0 bridgehead atoms. The highest BCUT2D eigenvalue weighted by molar-refractivity contribution is 7.92. The van der Waals surface area contributed by atoms with Gasteiger partial charge in [-0.3, -0.25) is 9.52 Å². The highest BCUT2D eigenvalue weighted by atomic mass is 32.2. The molecule has 1 aromatic heterocycles. The number of carbonyl (C=O) groups excluding carboxylic acids is 1. The maximum Gasteiger partial charge on any atom is 0.316 e. The van der Waals surface area contributed by atoms with Gasteiger partial charge in [-0.05, 0) is 49.4 Å². The first-order valence-electron chi connectivity index (χ1n) is 10.2. The molecule has 1 aliphatic heterocycles. The van der Waals surface area contributed by atoms with Crippen molar-refractivity contribution in [3.63, 3.8) is 0 Å². The van der Waals surface area contributed by atoms with Gasteiger partial charge in [0, 0.05) is 18.7 Å². The minimum Gasteiger partial charge on any atom is -0.334 e. The van der Waals surface area contributed by atoms with Gasteiger partial charge in [-0.25, -0.2) is 8.42 Å². The van der Waals surface area contributed by atoms with Gasteiger partial charge in [-0.1, -0.05) is 42.4 Å². The van der Waals surface area contributed by atoms with Crippen molar-refractivity contribution in [3.05, 3.63) is 59.5 Å². The van der Waals surface area contributed by atoms with Gasteiger partial charge in [-0.2, -0.15) is 4.98 Å². The first-order chi connectivity index (χ1) is 14.9. The van der Waals surface area contributed by atoms with Crippen LogP contribution in [0.2, 0.25) is 0 Å². The lowest BCUT2D eigenvalue weighted by Crippen LogP contribution is -2.27. The van der Waals surface area contributed by atoms with Crippen molar-refractivity contribution in [1.29, 1.82) is 0 Å². The number of aromatic nitrogens is 2. The number of nitrogens with one attached hydrogen (secondary N) is 1. The van der Waals surface area contributed by atoms with Crippen molar-refractivity contribution in [2.24, 2.45) is 0 Å². The van der Waals surface area contributed by atoms with E-state index in [4.69, 9.17) is 4.52 Å². The predicted octanol–water partition coefficient (Wildman–Crippen LogP) is 3.64. The van der Waals surface area contributed by atoms with E-state index in [9.17, 15) is 13.2 Å². The van der Waals surface area contributed by atoms with Crippen molar-refractivity contribution in [1.82, 2.24) is 15.0 Å². The summed E-state index contributed by atoms with van der Waals surface area (Å²) in [6.45, 7) is 5.04. The highest BCUT2D eigenvalue weighted by Gasteiger charge is 2.26. The lowest BCUT2D eigenvalue weighted by atomic mass is 10.1. The predicted molar refractivity (Wildman–Crippen MR) is 116 cm³/mol. The average Bonchev–Trinajstić information content (AvgIpc) is 3.46. The number of carbonyl (C=O) groups is 1. The molecule has 0 unspecified atom stereocenters. The molecule has 0 spiro atoms. The molecule has 3 aromatic rings. The highest BCUT2D eigenvalue weighted by Crippen LogP contribution is 2.27. The summed E-state index contributed by atoms with van der Waals surface area (Å²) in [7, 11) is -3.84. The number of nitrogens with zero attached hydrogens (tertiary/aromatic N) is 3. The van der Waals surface area contributed by atoms with E-state index in [2.05, 4.69) is 14.9 Å². The largest absolute Gasteiger partial charge is 0.334 e. The quantitative estimate of drug-likeness (QED) is 0.627. The van der Waals surface area contributed by atoms with Gasteiger partial charge in [0.25, 0.3) is 10.0 Å². The van der Waals surface area contributed by atoms with Crippen LogP contribution in [0, 0.1) is 6.92 Å². The number of para-hydroxylation sites is 1. The number of likely N-dealkylation sites (tertiary alicyclic amines) is 1. The summed E-state index contributed by atoms with van der Waals surface area (Å²) in [5.41, 5.74) is 2.50. The van der Waals surface area contributed by atoms with Gasteiger partial charge >= 0.3 is 11.8 Å². The monoisotopic (exact) mass is 440 g/mol.